The molecule has 0 bridgehead atoms. The van der Waals surface area contributed by atoms with Crippen LogP contribution >= 0.6 is 9.24 Å². The predicted octanol–water partition coefficient (Wildman–Crippen LogP) is 2.89. The van der Waals surface area contributed by atoms with E-state index in [-0.39, 0.29) is 17.0 Å². The lowest BCUT2D eigenvalue weighted by atomic mass is 10.0. The third-order valence-corrected chi connectivity index (χ3v) is 5.37. The Labute approximate surface area is 182 Å². The normalized spacial score (nSPS) is 15.2. The predicted molar refractivity (Wildman–Crippen MR) is 121 cm³/mol. The number of Topliss-reactive ketones (excluding diaryl/α,β-unsaturated/α-hetero) is 1. The second kappa shape index (κ2) is 9.26. The van der Waals surface area contributed by atoms with Crippen LogP contribution in [-0.4, -0.2) is 37.1 Å². The number of ether oxygens (including phenoxy) is 1. The highest BCUT2D eigenvalue weighted by atomic mass is 31.0. The number of ketones is 1. The third-order valence-electron chi connectivity index (χ3n) is 5.04. The van der Waals surface area contributed by atoms with E-state index < -0.39 is 5.66 Å². The van der Waals surface area contributed by atoms with E-state index in [1.165, 1.54) is 30.3 Å². The van der Waals surface area contributed by atoms with Crippen molar-refractivity contribution < 1.29 is 18.3 Å². The summed E-state index contributed by atoms with van der Waals surface area (Å²) in [5.74, 6) is 5.75. The first-order valence-corrected chi connectivity index (χ1v) is 10.3. The van der Waals surface area contributed by atoms with E-state index in [1.54, 1.807) is 28.4 Å². The second-order valence-electron chi connectivity index (χ2n) is 7.37. The van der Waals surface area contributed by atoms with Crippen LogP contribution in [0.1, 0.15) is 18.2 Å². The molecule has 3 rings (SSSR count). The molecule has 4 N–H and O–H groups in total. The van der Waals surface area contributed by atoms with Gasteiger partial charge in [0.15, 0.2) is 5.78 Å². The zero-order chi connectivity index (χ0) is 22.8. The van der Waals surface area contributed by atoms with Crippen molar-refractivity contribution in [2.24, 2.45) is 11.6 Å². The fraction of sp³-hybridized carbons (Fsp3) is 0.333. The first-order valence-electron chi connectivity index (χ1n) is 9.70. The van der Waals surface area contributed by atoms with Crippen LogP contribution in [-0.2, 0) is 15.2 Å². The summed E-state index contributed by atoms with van der Waals surface area (Å²) < 4.78 is 33.8. The molecule has 1 aromatic carbocycles. The number of carbonyl (C=O) groups is 1. The molecule has 0 aliphatic carbocycles. The Morgan fingerprint density at radius 2 is 1.94 bits per heavy atom. The average Bonchev–Trinajstić information content (AvgIpc) is 2.73. The van der Waals surface area contributed by atoms with Gasteiger partial charge in [-0.15, -0.1) is 0 Å². The van der Waals surface area contributed by atoms with Crippen LogP contribution in [0.5, 0.6) is 0 Å². The number of allylic oxidation sites excluding steroid dienone is 1. The molecule has 7 nitrogen and oxygen atoms in total. The number of alkyl halides is 2. The van der Waals surface area contributed by atoms with Gasteiger partial charge in [-0.3, -0.25) is 14.8 Å². The van der Waals surface area contributed by atoms with E-state index in [2.05, 4.69) is 4.98 Å². The van der Waals surface area contributed by atoms with Crippen molar-refractivity contribution in [2.75, 3.05) is 36.2 Å². The molecule has 1 aliphatic rings. The van der Waals surface area contributed by atoms with E-state index in [0.29, 0.717) is 54.5 Å². The number of hydrogen-bond donors (Lipinski definition) is 2. The fourth-order valence-electron chi connectivity index (χ4n) is 3.23. The van der Waals surface area contributed by atoms with Crippen molar-refractivity contribution >= 4 is 26.4 Å². The van der Waals surface area contributed by atoms with Crippen molar-refractivity contribution in [2.45, 2.75) is 19.5 Å². The summed E-state index contributed by atoms with van der Waals surface area (Å²) in [4.78, 5) is 17.8. The summed E-state index contributed by atoms with van der Waals surface area (Å²) in [5.41, 5.74) is 5.44. The van der Waals surface area contributed by atoms with Gasteiger partial charge in [-0.05, 0) is 36.8 Å². The molecular weight excluding hydrogens is 423 g/mol. The Morgan fingerprint density at radius 1 is 1.26 bits per heavy atom. The molecule has 10 heteroatoms. The Kier molecular flexibility index (Phi) is 6.89. The molecule has 0 radical (unpaired) electrons. The summed E-state index contributed by atoms with van der Waals surface area (Å²) in [5, 5.41) is 1.21. The Morgan fingerprint density at radius 3 is 2.55 bits per heavy atom. The zero-order valence-electron chi connectivity index (χ0n) is 17.4. The minimum absolute atomic E-state index is 0.00782. The Hall–Kier alpha value is -2.61. The number of hydrogen-bond acceptors (Lipinski definition) is 7. The number of anilines is 2. The molecule has 31 heavy (non-hydrogen) atoms. The topological polar surface area (TPSA) is 97.7 Å². The van der Waals surface area contributed by atoms with Gasteiger partial charge in [0, 0.05) is 49.2 Å². The fourth-order valence-corrected chi connectivity index (χ4v) is 3.39. The van der Waals surface area contributed by atoms with Gasteiger partial charge >= 0.3 is 0 Å². The zero-order valence-corrected chi connectivity index (χ0v) is 18.6. The van der Waals surface area contributed by atoms with Crippen LogP contribution in [0.15, 0.2) is 42.4 Å². The van der Waals surface area contributed by atoms with Gasteiger partial charge in [0.05, 0.1) is 30.3 Å². The number of morpholine rings is 1. The lowest BCUT2D eigenvalue weighted by molar-refractivity contribution is -0.113. The highest BCUT2D eigenvalue weighted by Gasteiger charge is 2.27. The van der Waals surface area contributed by atoms with Crippen molar-refractivity contribution in [3.8, 4) is 11.1 Å². The summed E-state index contributed by atoms with van der Waals surface area (Å²) in [6, 6.07) is 6.51. The first-order chi connectivity index (χ1) is 14.6. The number of benzene rings is 1. The monoisotopic (exact) mass is 449 g/mol. The molecular formula is C21H26F2N5O2P. The number of aromatic nitrogens is 1. The Bertz CT molecular complexity index is 1000. The van der Waals surface area contributed by atoms with Gasteiger partial charge in [0.1, 0.15) is 0 Å². The maximum atomic E-state index is 14.2. The van der Waals surface area contributed by atoms with Crippen LogP contribution in [0, 0.1) is 6.92 Å². The summed E-state index contributed by atoms with van der Waals surface area (Å²) in [7, 11) is 1.59. The molecule has 1 aliphatic heterocycles. The molecule has 0 saturated carbocycles. The van der Waals surface area contributed by atoms with Crippen LogP contribution in [0.3, 0.4) is 0 Å². The summed E-state index contributed by atoms with van der Waals surface area (Å²) in [6.45, 7) is 5.41. The number of rotatable bonds is 6. The van der Waals surface area contributed by atoms with E-state index in [4.69, 9.17) is 16.3 Å². The second-order valence-corrected chi connectivity index (χ2v) is 8.09. The summed E-state index contributed by atoms with van der Waals surface area (Å²) >= 11 is 0. The van der Waals surface area contributed by atoms with E-state index >= 15 is 0 Å². The number of halogens is 2. The maximum absolute atomic E-state index is 14.2. The van der Waals surface area contributed by atoms with Crippen molar-refractivity contribution in [3.63, 3.8) is 0 Å². The molecule has 1 unspecified atom stereocenters. The standard InChI is InChI=1S/C21H26F2N5O2P/c1-13-20(28(25)12-19(24)14(2)29)9-16(11-26-13)15-7-17(21(22,23)31)10-18(8-15)27-3-5-30-6-4-27/h7-12H,3-6,24-25,31H2,1-2H3/b19-12-. The van der Waals surface area contributed by atoms with Gasteiger partial charge in [-0.1, -0.05) is 9.24 Å². The number of pyridine rings is 1. The van der Waals surface area contributed by atoms with Gasteiger partial charge in [0.25, 0.3) is 5.66 Å². The van der Waals surface area contributed by atoms with E-state index in [9.17, 15) is 13.6 Å². The number of nitrogens with two attached hydrogens (primary N) is 2. The van der Waals surface area contributed by atoms with E-state index in [1.807, 2.05) is 11.0 Å². The van der Waals surface area contributed by atoms with Gasteiger partial charge in [0.2, 0.25) is 0 Å². The highest BCUT2D eigenvalue weighted by Crippen LogP contribution is 2.39. The lowest BCUT2D eigenvalue weighted by Crippen LogP contribution is -2.36. The number of carbonyl (C=O) groups excluding carboxylic acids is 1. The van der Waals surface area contributed by atoms with Gasteiger partial charge < -0.3 is 15.4 Å². The first kappa shape index (κ1) is 23.1. The van der Waals surface area contributed by atoms with Crippen LogP contribution < -0.4 is 21.5 Å². The number of hydrazine groups is 1. The average molecular weight is 449 g/mol. The number of aryl methyl sites for hydroxylation is 1. The molecule has 0 spiro atoms. The quantitative estimate of drug-likeness (QED) is 0.303. The van der Waals surface area contributed by atoms with E-state index in [0.717, 1.165) is 0 Å². The third kappa shape index (κ3) is 5.55. The molecule has 1 fully saturated rings. The highest BCUT2D eigenvalue weighted by molar-refractivity contribution is 7.17. The minimum Gasteiger partial charge on any atom is -0.395 e. The molecule has 1 aromatic heterocycles. The number of nitrogens with zero attached hydrogens (tertiary/aromatic N) is 3. The smallest absolute Gasteiger partial charge is 0.283 e. The molecule has 166 valence electrons. The molecule has 2 heterocycles. The van der Waals surface area contributed by atoms with Crippen LogP contribution in [0.25, 0.3) is 11.1 Å². The molecule has 1 atom stereocenters. The van der Waals surface area contributed by atoms with Gasteiger partial charge in [-0.25, -0.2) is 5.84 Å². The van der Waals surface area contributed by atoms with Crippen LogP contribution in [0.4, 0.5) is 20.2 Å². The van der Waals surface area contributed by atoms with Crippen molar-refractivity contribution in [1.82, 2.24) is 4.98 Å². The van der Waals surface area contributed by atoms with Crippen molar-refractivity contribution in [1.29, 1.82) is 0 Å². The molecule has 2 aromatic rings. The largest absolute Gasteiger partial charge is 0.395 e. The lowest BCUT2D eigenvalue weighted by Gasteiger charge is -2.30. The van der Waals surface area contributed by atoms with Crippen molar-refractivity contribution in [3.05, 3.63) is 53.6 Å². The molecule has 1 saturated heterocycles. The minimum atomic E-state index is -3.09. The maximum Gasteiger partial charge on any atom is 0.283 e. The van der Waals surface area contributed by atoms with Crippen LogP contribution in [0.2, 0.25) is 0 Å². The molecule has 0 amide bonds. The van der Waals surface area contributed by atoms with Gasteiger partial charge in [-0.2, -0.15) is 8.78 Å². The Balaban J connectivity index is 2.07. The SMILES string of the molecule is CC(=O)/C(N)=C/N(N)c1cc(-c2cc(N3CCOCC3)cc(C(F)(F)P)c2)cnc1C. The summed E-state index contributed by atoms with van der Waals surface area (Å²) in [6.07, 6.45) is 2.91.